The Hall–Kier alpha value is -3.86. The van der Waals surface area contributed by atoms with Crippen LogP contribution in [0.1, 0.15) is 33.6 Å². The molecule has 3 aromatic carbocycles. The number of benzene rings is 3. The molecule has 0 aliphatic carbocycles. The molecule has 0 saturated carbocycles. The molecule has 1 saturated heterocycles. The van der Waals surface area contributed by atoms with E-state index >= 15 is 0 Å². The van der Waals surface area contributed by atoms with E-state index in [1.807, 2.05) is 59.5 Å². The van der Waals surface area contributed by atoms with Crippen LogP contribution in [0.15, 0.2) is 84.9 Å². The number of para-hydroxylation sites is 1. The molecule has 1 amide bonds. The third-order valence-corrected chi connectivity index (χ3v) is 6.30. The second-order valence-corrected chi connectivity index (χ2v) is 8.38. The molecule has 0 N–H and O–H groups in total. The summed E-state index contributed by atoms with van der Waals surface area (Å²) in [6, 6.07) is 24.8. The highest BCUT2D eigenvalue weighted by molar-refractivity contribution is 6.07. The van der Waals surface area contributed by atoms with Crippen LogP contribution in [-0.2, 0) is 0 Å². The zero-order valence-electron chi connectivity index (χ0n) is 18.1. The Bertz CT molecular complexity index is 1310. The molecule has 4 nitrogen and oxygen atoms in total. The number of ketones is 1. The molecular formula is C28H23FN2O2. The number of nitrogens with zero attached hydrogens (tertiary/aromatic N) is 2. The molecule has 1 aliphatic rings. The average molecular weight is 439 g/mol. The highest BCUT2D eigenvalue weighted by Gasteiger charge is 2.29. The van der Waals surface area contributed by atoms with E-state index in [0.717, 1.165) is 22.0 Å². The summed E-state index contributed by atoms with van der Waals surface area (Å²) < 4.78 is 13.4. The summed E-state index contributed by atoms with van der Waals surface area (Å²) in [7, 11) is 0. The quantitative estimate of drug-likeness (QED) is 0.380. The molecular weight excluding hydrogens is 415 g/mol. The first-order valence-electron chi connectivity index (χ1n) is 11.1. The van der Waals surface area contributed by atoms with Crippen LogP contribution < -0.4 is 0 Å². The van der Waals surface area contributed by atoms with Crippen molar-refractivity contribution in [3.05, 3.63) is 102 Å². The Labute approximate surface area is 191 Å². The van der Waals surface area contributed by atoms with E-state index in [0.29, 0.717) is 37.2 Å². The van der Waals surface area contributed by atoms with Crippen molar-refractivity contribution >= 4 is 22.6 Å². The van der Waals surface area contributed by atoms with Crippen LogP contribution >= 0.6 is 0 Å². The van der Waals surface area contributed by atoms with Gasteiger partial charge in [0.25, 0.3) is 5.91 Å². The number of carbonyl (C=O) groups is 2. The van der Waals surface area contributed by atoms with Crippen molar-refractivity contribution in [2.24, 2.45) is 5.92 Å². The predicted octanol–water partition coefficient (Wildman–Crippen LogP) is 5.78. The predicted molar refractivity (Wildman–Crippen MR) is 127 cm³/mol. The molecule has 5 heteroatoms. The van der Waals surface area contributed by atoms with E-state index in [1.165, 1.54) is 12.1 Å². The maximum absolute atomic E-state index is 13.6. The van der Waals surface area contributed by atoms with Crippen LogP contribution in [0.25, 0.3) is 22.2 Å². The molecule has 1 aliphatic heterocycles. The van der Waals surface area contributed by atoms with Crippen molar-refractivity contribution in [1.29, 1.82) is 0 Å². The molecule has 0 spiro atoms. The van der Waals surface area contributed by atoms with Crippen molar-refractivity contribution in [2.45, 2.75) is 12.8 Å². The smallest absolute Gasteiger partial charge is 0.254 e. The Morgan fingerprint density at radius 1 is 0.848 bits per heavy atom. The van der Waals surface area contributed by atoms with Gasteiger partial charge < -0.3 is 4.90 Å². The molecule has 0 bridgehead atoms. The van der Waals surface area contributed by atoms with Gasteiger partial charge >= 0.3 is 0 Å². The fourth-order valence-corrected chi connectivity index (χ4v) is 4.47. The van der Waals surface area contributed by atoms with Crippen LogP contribution in [-0.4, -0.2) is 34.7 Å². The molecule has 2 heterocycles. The fraction of sp³-hybridized carbons (Fsp3) is 0.179. The maximum atomic E-state index is 13.6. The summed E-state index contributed by atoms with van der Waals surface area (Å²) in [5, 5.41) is 0.788. The number of carbonyl (C=O) groups excluding carboxylic acids is 2. The monoisotopic (exact) mass is 438 g/mol. The number of amides is 1. The Morgan fingerprint density at radius 2 is 1.52 bits per heavy atom. The van der Waals surface area contributed by atoms with Gasteiger partial charge in [-0.2, -0.15) is 0 Å². The Balaban J connectivity index is 1.40. The number of hydrogen-bond acceptors (Lipinski definition) is 3. The largest absolute Gasteiger partial charge is 0.339 e. The van der Waals surface area contributed by atoms with E-state index < -0.39 is 0 Å². The van der Waals surface area contributed by atoms with E-state index in [9.17, 15) is 14.0 Å². The van der Waals surface area contributed by atoms with Crippen LogP contribution in [0, 0.1) is 11.7 Å². The van der Waals surface area contributed by atoms with Crippen LogP contribution in [0.4, 0.5) is 4.39 Å². The number of pyridine rings is 1. The highest BCUT2D eigenvalue weighted by Crippen LogP contribution is 2.28. The zero-order valence-corrected chi connectivity index (χ0v) is 18.1. The molecule has 0 atom stereocenters. The summed E-state index contributed by atoms with van der Waals surface area (Å²) in [5.74, 6) is -0.303. The van der Waals surface area contributed by atoms with Crippen LogP contribution in [0.2, 0.25) is 0 Å². The van der Waals surface area contributed by atoms with Gasteiger partial charge in [-0.05, 0) is 49.2 Å². The lowest BCUT2D eigenvalue weighted by Gasteiger charge is -2.31. The summed E-state index contributed by atoms with van der Waals surface area (Å²) >= 11 is 0. The summed E-state index contributed by atoms with van der Waals surface area (Å²) in [6.07, 6.45) is 1.29. The number of piperidine rings is 1. The lowest BCUT2D eigenvalue weighted by Crippen LogP contribution is -2.40. The number of likely N-dealkylation sites (tertiary alicyclic amines) is 1. The van der Waals surface area contributed by atoms with Gasteiger partial charge in [0.05, 0.1) is 16.8 Å². The highest BCUT2D eigenvalue weighted by atomic mass is 19.1. The van der Waals surface area contributed by atoms with Gasteiger partial charge in [-0.3, -0.25) is 9.59 Å². The van der Waals surface area contributed by atoms with Crippen molar-refractivity contribution in [3.63, 3.8) is 0 Å². The van der Waals surface area contributed by atoms with Crippen LogP contribution in [0.3, 0.4) is 0 Å². The average Bonchev–Trinajstić information content (AvgIpc) is 2.88. The molecule has 1 aromatic heterocycles. The lowest BCUT2D eigenvalue weighted by molar-refractivity contribution is 0.0652. The van der Waals surface area contributed by atoms with Crippen molar-refractivity contribution < 1.29 is 14.0 Å². The molecule has 164 valence electrons. The first-order chi connectivity index (χ1) is 16.1. The molecule has 0 unspecified atom stereocenters. The van der Waals surface area contributed by atoms with E-state index in [2.05, 4.69) is 0 Å². The van der Waals surface area contributed by atoms with Gasteiger partial charge in [0.2, 0.25) is 0 Å². The fourth-order valence-electron chi connectivity index (χ4n) is 4.47. The molecule has 0 radical (unpaired) electrons. The summed E-state index contributed by atoms with van der Waals surface area (Å²) in [5.41, 5.74) is 3.41. The summed E-state index contributed by atoms with van der Waals surface area (Å²) in [6.45, 7) is 1.06. The van der Waals surface area contributed by atoms with Crippen molar-refractivity contribution in [1.82, 2.24) is 9.88 Å². The summed E-state index contributed by atoms with van der Waals surface area (Å²) in [4.78, 5) is 32.9. The van der Waals surface area contributed by atoms with Gasteiger partial charge in [0, 0.05) is 35.5 Å². The number of halogens is 1. The van der Waals surface area contributed by atoms with E-state index in [-0.39, 0.29) is 23.4 Å². The van der Waals surface area contributed by atoms with Gasteiger partial charge in [-0.15, -0.1) is 0 Å². The minimum atomic E-state index is -0.316. The standard InChI is InChI=1S/C28H23FN2O2/c29-22-12-10-19(11-13-22)26-18-24(23-8-4-5-9-25(23)30-26)28(33)31-16-14-21(15-17-31)27(32)20-6-2-1-3-7-20/h1-13,18,21H,14-17H2. The number of rotatable bonds is 4. The second kappa shape index (κ2) is 8.94. The normalized spacial score (nSPS) is 14.4. The number of Topliss-reactive ketones (excluding diaryl/α,β-unsaturated/α-hetero) is 1. The lowest BCUT2D eigenvalue weighted by atomic mass is 9.88. The zero-order chi connectivity index (χ0) is 22.8. The van der Waals surface area contributed by atoms with E-state index in [4.69, 9.17) is 4.98 Å². The third kappa shape index (κ3) is 4.27. The molecule has 5 rings (SSSR count). The van der Waals surface area contributed by atoms with E-state index in [1.54, 1.807) is 18.2 Å². The minimum Gasteiger partial charge on any atom is -0.339 e. The van der Waals surface area contributed by atoms with Crippen molar-refractivity contribution in [3.8, 4) is 11.3 Å². The number of fused-ring (bicyclic) bond motifs is 1. The Kier molecular flexibility index (Phi) is 5.69. The molecule has 1 fully saturated rings. The SMILES string of the molecule is O=C(c1ccccc1)C1CCN(C(=O)c2cc(-c3ccc(F)cc3)nc3ccccc23)CC1. The van der Waals surface area contributed by atoms with Gasteiger partial charge in [-0.1, -0.05) is 48.5 Å². The van der Waals surface area contributed by atoms with Crippen molar-refractivity contribution in [2.75, 3.05) is 13.1 Å². The topological polar surface area (TPSA) is 50.3 Å². The van der Waals surface area contributed by atoms with Gasteiger partial charge in [0.15, 0.2) is 5.78 Å². The first-order valence-corrected chi connectivity index (χ1v) is 11.1. The molecule has 33 heavy (non-hydrogen) atoms. The first kappa shape index (κ1) is 21.0. The second-order valence-electron chi connectivity index (χ2n) is 8.38. The number of aromatic nitrogens is 1. The Morgan fingerprint density at radius 3 is 2.24 bits per heavy atom. The minimum absolute atomic E-state index is 0.0671. The number of hydrogen-bond donors (Lipinski definition) is 0. The molecule has 4 aromatic rings. The third-order valence-electron chi connectivity index (χ3n) is 6.30. The van der Waals surface area contributed by atoms with Gasteiger partial charge in [0.1, 0.15) is 5.82 Å². The maximum Gasteiger partial charge on any atom is 0.254 e. The van der Waals surface area contributed by atoms with Crippen LogP contribution in [0.5, 0.6) is 0 Å². The van der Waals surface area contributed by atoms with Gasteiger partial charge in [-0.25, -0.2) is 9.37 Å².